The molecule has 0 aromatic carbocycles. The van der Waals surface area contributed by atoms with Crippen molar-refractivity contribution < 1.29 is 14.3 Å². The molecule has 1 aliphatic carbocycles. The van der Waals surface area contributed by atoms with Crippen molar-refractivity contribution in [1.29, 1.82) is 0 Å². The van der Waals surface area contributed by atoms with Crippen LogP contribution in [0, 0.1) is 5.41 Å². The summed E-state index contributed by atoms with van der Waals surface area (Å²) in [5.74, 6) is 0.123. The van der Waals surface area contributed by atoms with Crippen LogP contribution in [0.3, 0.4) is 0 Å². The molecule has 1 saturated heterocycles. The van der Waals surface area contributed by atoms with Gasteiger partial charge < -0.3 is 14.8 Å². The van der Waals surface area contributed by atoms with Gasteiger partial charge in [-0.15, -0.1) is 0 Å². The van der Waals surface area contributed by atoms with Gasteiger partial charge in [0.15, 0.2) is 0 Å². The van der Waals surface area contributed by atoms with Crippen molar-refractivity contribution >= 4 is 5.91 Å². The van der Waals surface area contributed by atoms with Crippen LogP contribution in [-0.4, -0.2) is 37.4 Å². The van der Waals surface area contributed by atoms with Crippen molar-refractivity contribution in [2.45, 2.75) is 58.3 Å². The minimum Gasteiger partial charge on any atom is -0.373 e. The average molecular weight is 241 g/mol. The molecular weight excluding hydrogens is 218 g/mol. The summed E-state index contributed by atoms with van der Waals surface area (Å²) in [5.41, 5.74) is -0.319. The predicted molar refractivity (Wildman–Crippen MR) is 64.7 cm³/mol. The number of fused-ring (bicyclic) bond motifs is 1. The van der Waals surface area contributed by atoms with E-state index in [9.17, 15) is 4.79 Å². The lowest BCUT2D eigenvalue weighted by molar-refractivity contribution is -0.159. The Balaban J connectivity index is 1.86. The first kappa shape index (κ1) is 12.8. The van der Waals surface area contributed by atoms with Crippen molar-refractivity contribution in [1.82, 2.24) is 5.32 Å². The smallest absolute Gasteiger partial charge is 0.225 e. The normalized spacial score (nSPS) is 33.9. The molecule has 0 radical (unpaired) electrons. The van der Waals surface area contributed by atoms with Crippen LogP contribution in [-0.2, 0) is 14.3 Å². The van der Waals surface area contributed by atoms with Gasteiger partial charge in [-0.25, -0.2) is 0 Å². The molecule has 3 unspecified atom stereocenters. The molecular formula is C13H23NO3. The quantitative estimate of drug-likeness (QED) is 0.756. The van der Waals surface area contributed by atoms with Gasteiger partial charge in [0.1, 0.15) is 0 Å². The third kappa shape index (κ3) is 3.19. The Morgan fingerprint density at radius 1 is 1.12 bits per heavy atom. The Labute approximate surface area is 103 Å². The van der Waals surface area contributed by atoms with Crippen molar-refractivity contribution in [3.05, 3.63) is 0 Å². The lowest BCUT2D eigenvalue weighted by Crippen LogP contribution is -2.51. The Kier molecular flexibility index (Phi) is 3.73. The van der Waals surface area contributed by atoms with Gasteiger partial charge in [-0.05, 0) is 19.3 Å². The highest BCUT2D eigenvalue weighted by Gasteiger charge is 2.35. The van der Waals surface area contributed by atoms with Crippen LogP contribution in [0.2, 0.25) is 0 Å². The molecule has 2 fully saturated rings. The molecule has 98 valence electrons. The topological polar surface area (TPSA) is 47.6 Å². The molecule has 1 amide bonds. The van der Waals surface area contributed by atoms with E-state index in [1.54, 1.807) is 0 Å². The van der Waals surface area contributed by atoms with Crippen LogP contribution >= 0.6 is 0 Å². The zero-order valence-electron chi connectivity index (χ0n) is 11.0. The molecule has 0 spiro atoms. The van der Waals surface area contributed by atoms with Crippen LogP contribution in [0.4, 0.5) is 0 Å². The fraction of sp³-hybridized carbons (Fsp3) is 0.923. The summed E-state index contributed by atoms with van der Waals surface area (Å²) in [6.07, 6.45) is 3.27. The van der Waals surface area contributed by atoms with Crippen LogP contribution < -0.4 is 5.32 Å². The van der Waals surface area contributed by atoms with E-state index in [-0.39, 0.29) is 29.6 Å². The molecule has 17 heavy (non-hydrogen) atoms. The van der Waals surface area contributed by atoms with Gasteiger partial charge in [0.2, 0.25) is 5.91 Å². The third-order valence-corrected chi connectivity index (χ3v) is 3.49. The van der Waals surface area contributed by atoms with Crippen molar-refractivity contribution in [3.8, 4) is 0 Å². The molecule has 1 heterocycles. The first-order chi connectivity index (χ1) is 7.97. The van der Waals surface area contributed by atoms with Crippen molar-refractivity contribution in [2.24, 2.45) is 5.41 Å². The van der Waals surface area contributed by atoms with Gasteiger partial charge in [-0.1, -0.05) is 20.8 Å². The number of amides is 1. The first-order valence-corrected chi connectivity index (χ1v) is 6.51. The Bertz CT molecular complexity index is 285. The number of hydrogen-bond donors (Lipinski definition) is 1. The van der Waals surface area contributed by atoms with Crippen LogP contribution in [0.15, 0.2) is 0 Å². The molecule has 4 heteroatoms. The average Bonchev–Trinajstić information content (AvgIpc) is 2.27. The molecule has 2 aliphatic rings. The van der Waals surface area contributed by atoms with Gasteiger partial charge >= 0.3 is 0 Å². The van der Waals surface area contributed by atoms with Crippen molar-refractivity contribution in [3.63, 3.8) is 0 Å². The van der Waals surface area contributed by atoms with E-state index in [4.69, 9.17) is 9.47 Å². The van der Waals surface area contributed by atoms with E-state index in [0.29, 0.717) is 13.2 Å². The number of carbonyl (C=O) groups is 1. The second kappa shape index (κ2) is 4.94. The summed E-state index contributed by atoms with van der Waals surface area (Å²) in [4.78, 5) is 11.9. The molecule has 0 bridgehead atoms. The minimum absolute atomic E-state index is 0.123. The Morgan fingerprint density at radius 3 is 2.41 bits per heavy atom. The van der Waals surface area contributed by atoms with Crippen molar-refractivity contribution in [2.75, 3.05) is 13.2 Å². The fourth-order valence-corrected chi connectivity index (χ4v) is 2.40. The number of nitrogens with one attached hydrogen (secondary N) is 1. The number of carbonyl (C=O) groups excluding carboxylic acids is 1. The monoisotopic (exact) mass is 241 g/mol. The van der Waals surface area contributed by atoms with Crippen LogP contribution in [0.1, 0.15) is 40.0 Å². The maximum absolute atomic E-state index is 11.9. The molecule has 4 nitrogen and oxygen atoms in total. The highest BCUT2D eigenvalue weighted by Crippen LogP contribution is 2.27. The summed E-state index contributed by atoms with van der Waals surface area (Å²) in [5, 5.41) is 3.12. The second-order valence-electron chi connectivity index (χ2n) is 6.05. The maximum atomic E-state index is 11.9. The minimum atomic E-state index is -0.319. The molecule has 0 aromatic rings. The van der Waals surface area contributed by atoms with Crippen LogP contribution in [0.5, 0.6) is 0 Å². The number of hydrogen-bond acceptors (Lipinski definition) is 3. The maximum Gasteiger partial charge on any atom is 0.225 e. The largest absolute Gasteiger partial charge is 0.373 e. The molecule has 0 aromatic heterocycles. The lowest BCUT2D eigenvalue weighted by Gasteiger charge is -2.39. The third-order valence-electron chi connectivity index (χ3n) is 3.49. The second-order valence-corrected chi connectivity index (χ2v) is 6.05. The summed E-state index contributed by atoms with van der Waals surface area (Å²) in [6.45, 7) is 7.21. The zero-order valence-corrected chi connectivity index (χ0v) is 11.0. The molecule has 1 N–H and O–H groups in total. The van der Waals surface area contributed by atoms with Gasteiger partial charge in [0.25, 0.3) is 0 Å². The Morgan fingerprint density at radius 2 is 1.76 bits per heavy atom. The van der Waals surface area contributed by atoms with E-state index in [1.165, 1.54) is 0 Å². The lowest BCUT2D eigenvalue weighted by atomic mass is 9.88. The first-order valence-electron chi connectivity index (χ1n) is 6.51. The van der Waals surface area contributed by atoms with E-state index in [0.717, 1.165) is 19.3 Å². The summed E-state index contributed by atoms with van der Waals surface area (Å²) in [6, 6.07) is 0.240. The molecule has 1 aliphatic heterocycles. The summed E-state index contributed by atoms with van der Waals surface area (Å²) >= 11 is 0. The molecule has 3 atom stereocenters. The highest BCUT2D eigenvalue weighted by molar-refractivity contribution is 5.81. The number of ether oxygens (including phenoxy) is 2. The SMILES string of the molecule is CC(C)(C)C(=O)NC1CCC2OCCOC2C1. The zero-order chi connectivity index (χ0) is 12.5. The molecule has 1 saturated carbocycles. The van der Waals surface area contributed by atoms with Gasteiger partial charge in [0, 0.05) is 11.5 Å². The predicted octanol–water partition coefficient (Wildman–Crippen LogP) is 1.49. The fourth-order valence-electron chi connectivity index (χ4n) is 2.40. The number of rotatable bonds is 1. The van der Waals surface area contributed by atoms with E-state index < -0.39 is 0 Å². The summed E-state index contributed by atoms with van der Waals surface area (Å²) in [7, 11) is 0. The summed E-state index contributed by atoms with van der Waals surface area (Å²) < 4.78 is 11.4. The highest BCUT2D eigenvalue weighted by atomic mass is 16.6. The van der Waals surface area contributed by atoms with Gasteiger partial charge in [0.05, 0.1) is 25.4 Å². The molecule has 2 rings (SSSR count). The standard InChI is InChI=1S/C13H23NO3/c1-13(2,3)12(15)14-9-4-5-10-11(8-9)17-7-6-16-10/h9-11H,4-8H2,1-3H3,(H,14,15). The van der Waals surface area contributed by atoms with Crippen LogP contribution in [0.25, 0.3) is 0 Å². The van der Waals surface area contributed by atoms with E-state index >= 15 is 0 Å². The Hall–Kier alpha value is -0.610. The van der Waals surface area contributed by atoms with Gasteiger partial charge in [-0.2, -0.15) is 0 Å². The van der Waals surface area contributed by atoms with E-state index in [2.05, 4.69) is 5.32 Å². The van der Waals surface area contributed by atoms with E-state index in [1.807, 2.05) is 20.8 Å². The van der Waals surface area contributed by atoms with Gasteiger partial charge in [-0.3, -0.25) is 4.79 Å².